The minimum Gasteiger partial charge on any atom is -0.497 e. The van der Waals surface area contributed by atoms with Gasteiger partial charge < -0.3 is 15.4 Å². The van der Waals surface area contributed by atoms with E-state index in [2.05, 4.69) is 24.8 Å². The third kappa shape index (κ3) is 1.82. The molecular formula is C13H20N2O. The fraction of sp³-hybridized carbons (Fsp3) is 0.538. The van der Waals surface area contributed by atoms with Crippen LogP contribution in [0.4, 0.5) is 11.4 Å². The van der Waals surface area contributed by atoms with Crippen LogP contribution in [-0.2, 0) is 0 Å². The number of anilines is 2. The normalized spacial score (nSPS) is 18.8. The third-order valence-electron chi connectivity index (χ3n) is 3.43. The Bertz CT molecular complexity index is 388. The molecular weight excluding hydrogens is 200 g/mol. The molecule has 1 heterocycles. The Morgan fingerprint density at radius 3 is 2.62 bits per heavy atom. The maximum atomic E-state index is 6.08. The van der Waals surface area contributed by atoms with Crippen molar-refractivity contribution >= 4 is 11.4 Å². The summed E-state index contributed by atoms with van der Waals surface area (Å²) >= 11 is 0. The summed E-state index contributed by atoms with van der Waals surface area (Å²) in [5.41, 5.74) is 8.22. The Labute approximate surface area is 97.2 Å². The van der Waals surface area contributed by atoms with Crippen molar-refractivity contribution in [1.82, 2.24) is 0 Å². The molecule has 0 aromatic heterocycles. The van der Waals surface area contributed by atoms with Gasteiger partial charge >= 0.3 is 0 Å². The van der Waals surface area contributed by atoms with Gasteiger partial charge in [-0.25, -0.2) is 0 Å². The zero-order valence-corrected chi connectivity index (χ0v) is 10.3. The molecule has 2 N–H and O–H groups in total. The number of methoxy groups -OCH3 is 1. The number of hydrogen-bond acceptors (Lipinski definition) is 3. The first kappa shape index (κ1) is 11.1. The molecule has 1 aliphatic rings. The molecule has 88 valence electrons. The van der Waals surface area contributed by atoms with E-state index in [0.29, 0.717) is 0 Å². The molecule has 3 heteroatoms. The highest BCUT2D eigenvalue weighted by atomic mass is 16.5. The molecule has 0 spiro atoms. The first-order chi connectivity index (χ1) is 7.54. The lowest BCUT2D eigenvalue weighted by Gasteiger charge is -2.34. The van der Waals surface area contributed by atoms with Gasteiger partial charge in [-0.15, -0.1) is 0 Å². The van der Waals surface area contributed by atoms with Crippen LogP contribution in [0.15, 0.2) is 18.2 Å². The average molecular weight is 220 g/mol. The SMILES string of the molecule is COc1ccc(N2CCCC2(C)C)c(N)c1. The summed E-state index contributed by atoms with van der Waals surface area (Å²) in [6.07, 6.45) is 2.46. The monoisotopic (exact) mass is 220 g/mol. The lowest BCUT2D eigenvalue weighted by Crippen LogP contribution is -2.38. The molecule has 0 radical (unpaired) electrons. The highest BCUT2D eigenvalue weighted by molar-refractivity contribution is 5.70. The van der Waals surface area contributed by atoms with Crippen LogP contribution in [0, 0.1) is 0 Å². The second-order valence-electron chi connectivity index (χ2n) is 4.99. The minimum absolute atomic E-state index is 0.211. The minimum atomic E-state index is 0.211. The molecule has 1 fully saturated rings. The van der Waals surface area contributed by atoms with Crippen LogP contribution in [0.1, 0.15) is 26.7 Å². The van der Waals surface area contributed by atoms with Crippen LogP contribution in [0.3, 0.4) is 0 Å². The van der Waals surface area contributed by atoms with Crippen molar-refractivity contribution in [3.63, 3.8) is 0 Å². The van der Waals surface area contributed by atoms with E-state index in [9.17, 15) is 0 Å². The Morgan fingerprint density at radius 2 is 2.12 bits per heavy atom. The molecule has 0 amide bonds. The number of benzene rings is 1. The van der Waals surface area contributed by atoms with Crippen LogP contribution in [0.2, 0.25) is 0 Å². The van der Waals surface area contributed by atoms with Gasteiger partial charge in [0.25, 0.3) is 0 Å². The number of ether oxygens (including phenoxy) is 1. The quantitative estimate of drug-likeness (QED) is 0.779. The van der Waals surface area contributed by atoms with Gasteiger partial charge in [0, 0.05) is 18.2 Å². The lowest BCUT2D eigenvalue weighted by molar-refractivity contribution is 0.415. The molecule has 0 bridgehead atoms. The fourth-order valence-electron chi connectivity index (χ4n) is 2.46. The highest BCUT2D eigenvalue weighted by Crippen LogP contribution is 2.37. The van der Waals surface area contributed by atoms with Gasteiger partial charge in [0.2, 0.25) is 0 Å². The van der Waals surface area contributed by atoms with E-state index in [0.717, 1.165) is 23.7 Å². The van der Waals surface area contributed by atoms with E-state index in [4.69, 9.17) is 10.5 Å². The summed E-state index contributed by atoms with van der Waals surface area (Å²) in [5, 5.41) is 0. The smallest absolute Gasteiger partial charge is 0.121 e. The van der Waals surface area contributed by atoms with Gasteiger partial charge in [-0.2, -0.15) is 0 Å². The number of hydrogen-bond donors (Lipinski definition) is 1. The molecule has 0 atom stereocenters. The summed E-state index contributed by atoms with van der Waals surface area (Å²) in [6.45, 7) is 5.62. The predicted molar refractivity (Wildman–Crippen MR) is 68.1 cm³/mol. The van der Waals surface area contributed by atoms with Gasteiger partial charge in [-0.1, -0.05) is 0 Å². The maximum absolute atomic E-state index is 6.08. The summed E-state index contributed by atoms with van der Waals surface area (Å²) in [5.74, 6) is 0.818. The molecule has 16 heavy (non-hydrogen) atoms. The molecule has 0 unspecified atom stereocenters. The third-order valence-corrected chi connectivity index (χ3v) is 3.43. The van der Waals surface area contributed by atoms with Crippen LogP contribution in [0.5, 0.6) is 5.75 Å². The summed E-state index contributed by atoms with van der Waals surface area (Å²) in [6, 6.07) is 5.92. The second-order valence-corrected chi connectivity index (χ2v) is 4.99. The zero-order valence-electron chi connectivity index (χ0n) is 10.3. The first-order valence-electron chi connectivity index (χ1n) is 5.76. The number of rotatable bonds is 2. The van der Waals surface area contributed by atoms with Gasteiger partial charge in [0.05, 0.1) is 18.5 Å². The second kappa shape index (κ2) is 3.89. The average Bonchev–Trinajstić information content (AvgIpc) is 2.58. The van der Waals surface area contributed by atoms with E-state index in [1.807, 2.05) is 12.1 Å². The van der Waals surface area contributed by atoms with Crippen LogP contribution in [0.25, 0.3) is 0 Å². The molecule has 0 saturated carbocycles. The van der Waals surface area contributed by atoms with E-state index in [1.54, 1.807) is 7.11 Å². The van der Waals surface area contributed by atoms with Crippen LogP contribution in [-0.4, -0.2) is 19.2 Å². The maximum Gasteiger partial charge on any atom is 0.121 e. The van der Waals surface area contributed by atoms with Gasteiger partial charge in [-0.3, -0.25) is 0 Å². The highest BCUT2D eigenvalue weighted by Gasteiger charge is 2.32. The Balaban J connectivity index is 2.34. The molecule has 1 aromatic carbocycles. The topological polar surface area (TPSA) is 38.5 Å². The van der Waals surface area contributed by atoms with E-state index in [-0.39, 0.29) is 5.54 Å². The molecule has 1 aromatic rings. The van der Waals surface area contributed by atoms with Gasteiger partial charge in [0.1, 0.15) is 5.75 Å². The Morgan fingerprint density at radius 1 is 1.38 bits per heavy atom. The van der Waals surface area contributed by atoms with Crippen molar-refractivity contribution in [3.05, 3.63) is 18.2 Å². The zero-order chi connectivity index (χ0) is 11.8. The lowest BCUT2D eigenvalue weighted by atomic mass is 10.0. The van der Waals surface area contributed by atoms with Crippen molar-refractivity contribution in [3.8, 4) is 5.75 Å². The summed E-state index contributed by atoms with van der Waals surface area (Å²) in [4.78, 5) is 2.39. The van der Waals surface area contributed by atoms with Crippen molar-refractivity contribution in [2.75, 3.05) is 24.3 Å². The van der Waals surface area contributed by atoms with Crippen LogP contribution < -0.4 is 15.4 Å². The molecule has 0 aliphatic carbocycles. The van der Waals surface area contributed by atoms with Crippen molar-refractivity contribution in [1.29, 1.82) is 0 Å². The van der Waals surface area contributed by atoms with Crippen molar-refractivity contribution in [2.45, 2.75) is 32.2 Å². The summed E-state index contributed by atoms with van der Waals surface area (Å²) < 4.78 is 5.17. The van der Waals surface area contributed by atoms with Crippen molar-refractivity contribution < 1.29 is 4.74 Å². The Kier molecular flexibility index (Phi) is 2.70. The largest absolute Gasteiger partial charge is 0.497 e. The molecule has 2 rings (SSSR count). The van der Waals surface area contributed by atoms with Crippen LogP contribution >= 0.6 is 0 Å². The molecule has 3 nitrogen and oxygen atoms in total. The van der Waals surface area contributed by atoms with Gasteiger partial charge in [0.15, 0.2) is 0 Å². The predicted octanol–water partition coefficient (Wildman–Crippen LogP) is 2.66. The fourth-order valence-corrected chi connectivity index (χ4v) is 2.46. The van der Waals surface area contributed by atoms with E-state index in [1.165, 1.54) is 12.8 Å². The number of nitrogens with zero attached hydrogens (tertiary/aromatic N) is 1. The number of nitrogen functional groups attached to an aromatic ring is 1. The van der Waals surface area contributed by atoms with E-state index >= 15 is 0 Å². The Hall–Kier alpha value is -1.38. The van der Waals surface area contributed by atoms with Gasteiger partial charge in [-0.05, 0) is 38.8 Å². The molecule has 1 saturated heterocycles. The molecule has 1 aliphatic heterocycles. The number of nitrogens with two attached hydrogens (primary N) is 1. The standard InChI is InChI=1S/C13H20N2O/c1-13(2)7-4-8-15(13)12-6-5-10(16-3)9-11(12)14/h5-6,9H,4,7-8,14H2,1-3H3. The first-order valence-corrected chi connectivity index (χ1v) is 5.76. The van der Waals surface area contributed by atoms with E-state index < -0.39 is 0 Å². The van der Waals surface area contributed by atoms with Crippen molar-refractivity contribution in [2.24, 2.45) is 0 Å². The summed E-state index contributed by atoms with van der Waals surface area (Å²) in [7, 11) is 1.66.